The van der Waals surface area contributed by atoms with E-state index in [0.717, 1.165) is 10.8 Å². The van der Waals surface area contributed by atoms with E-state index in [1.807, 2.05) is 30.3 Å². The predicted molar refractivity (Wildman–Crippen MR) is 76.5 cm³/mol. The summed E-state index contributed by atoms with van der Waals surface area (Å²) < 4.78 is 38.8. The lowest BCUT2D eigenvalue weighted by atomic mass is 10.1. The second-order valence-corrected chi connectivity index (χ2v) is 4.32. The fourth-order valence-electron chi connectivity index (χ4n) is 1.72. The molecular weight excluding hydrogens is 318 g/mol. The molecule has 0 fully saturated rings. The number of esters is 1. The highest BCUT2D eigenvalue weighted by molar-refractivity contribution is 7.74. The van der Waals surface area contributed by atoms with E-state index in [1.165, 1.54) is 0 Å². The van der Waals surface area contributed by atoms with Gasteiger partial charge in [-0.25, -0.2) is 4.79 Å². The number of alkyl halides is 2. The number of benzene rings is 2. The second kappa shape index (κ2) is 7.39. The number of hydrogen-bond acceptors (Lipinski definition) is 6. The molecule has 0 aromatic heterocycles. The van der Waals surface area contributed by atoms with Crippen LogP contribution in [0.15, 0.2) is 42.5 Å². The number of ether oxygens (including phenoxy) is 2. The Morgan fingerprint density at radius 3 is 2.55 bits per heavy atom. The average molecular weight is 330 g/mol. The molecule has 2 aromatic rings. The molecule has 0 heterocycles. The summed E-state index contributed by atoms with van der Waals surface area (Å²) in [6, 6.07) is 13.1. The number of carbonyl (C=O) groups is 1. The summed E-state index contributed by atoms with van der Waals surface area (Å²) in [4.78, 5) is 14.3. The summed E-state index contributed by atoms with van der Waals surface area (Å²) in [5, 5.41) is 2.02. The van der Waals surface area contributed by atoms with Gasteiger partial charge in [0, 0.05) is 12.9 Å². The first-order valence-corrected chi connectivity index (χ1v) is 6.55. The van der Waals surface area contributed by atoms with Gasteiger partial charge in [0.05, 0.1) is 0 Å². The van der Waals surface area contributed by atoms with Gasteiger partial charge in [-0.2, -0.15) is 13.1 Å². The van der Waals surface area contributed by atoms with Crippen molar-refractivity contribution in [2.75, 3.05) is 13.2 Å². The Bertz CT molecular complexity index is 650. The van der Waals surface area contributed by atoms with E-state index in [1.54, 1.807) is 12.1 Å². The topological polar surface area (TPSA) is 54.0 Å². The highest BCUT2D eigenvalue weighted by Crippen LogP contribution is 2.21. The zero-order valence-corrected chi connectivity index (χ0v) is 12.1. The molecule has 8 heteroatoms. The maximum atomic E-state index is 12.8. The van der Waals surface area contributed by atoms with E-state index in [0.29, 0.717) is 5.75 Å². The van der Waals surface area contributed by atoms with Crippen LogP contribution in [0.5, 0.6) is 5.75 Å². The Morgan fingerprint density at radius 1 is 1.09 bits per heavy atom. The van der Waals surface area contributed by atoms with Gasteiger partial charge in [-0.3, -0.25) is 0 Å². The van der Waals surface area contributed by atoms with Crippen molar-refractivity contribution in [3.05, 3.63) is 42.5 Å². The molecule has 5 nitrogen and oxygen atoms in total. The lowest BCUT2D eigenvalue weighted by molar-refractivity contribution is -0.369. The lowest BCUT2D eigenvalue weighted by Gasteiger charge is -2.12. The normalized spacial score (nSPS) is 11.4. The highest BCUT2D eigenvalue weighted by Gasteiger charge is 2.44. The predicted octanol–water partition coefficient (Wildman–Crippen LogP) is 3.15. The van der Waals surface area contributed by atoms with Crippen molar-refractivity contribution in [1.82, 2.24) is 0 Å². The van der Waals surface area contributed by atoms with Gasteiger partial charge in [0.15, 0.2) is 0 Å². The van der Waals surface area contributed by atoms with E-state index in [4.69, 9.17) is 4.74 Å². The minimum atomic E-state index is -4.22. The molecule has 0 N–H and O–H groups in total. The molecule has 0 aliphatic heterocycles. The van der Waals surface area contributed by atoms with Crippen LogP contribution in [-0.2, 0) is 18.8 Å². The zero-order valence-electron chi connectivity index (χ0n) is 11.2. The zero-order chi connectivity index (χ0) is 16.0. The molecule has 118 valence electrons. The van der Waals surface area contributed by atoms with Gasteiger partial charge in [-0.1, -0.05) is 30.3 Å². The number of thiol groups is 1. The van der Waals surface area contributed by atoms with Crippen molar-refractivity contribution in [2.45, 2.75) is 6.11 Å². The third kappa shape index (κ3) is 4.30. The molecule has 0 aliphatic carbocycles. The molecule has 0 aliphatic rings. The van der Waals surface area contributed by atoms with Crippen molar-refractivity contribution < 1.29 is 32.3 Å². The minimum Gasteiger partial charge on any atom is -0.490 e. The van der Waals surface area contributed by atoms with Crippen LogP contribution in [0.4, 0.5) is 8.78 Å². The number of halogens is 2. The summed E-state index contributed by atoms with van der Waals surface area (Å²) in [6.07, 6.45) is -4.22. The van der Waals surface area contributed by atoms with Crippen LogP contribution in [0.2, 0.25) is 0 Å². The fraction of sp³-hybridized carbons (Fsp3) is 0.214. The molecule has 0 amide bonds. The molecule has 2 aromatic carbocycles. The van der Waals surface area contributed by atoms with E-state index in [9.17, 15) is 13.6 Å². The quantitative estimate of drug-likeness (QED) is 0.211. The van der Waals surface area contributed by atoms with Crippen LogP contribution in [-0.4, -0.2) is 25.3 Å². The number of carbonyl (C=O) groups excluding carboxylic acids is 1. The second-order valence-electron chi connectivity index (χ2n) is 4.17. The third-order valence-electron chi connectivity index (χ3n) is 2.69. The number of fused-ring (bicyclic) bond motifs is 1. The molecule has 0 unspecified atom stereocenters. The summed E-state index contributed by atoms with van der Waals surface area (Å²) >= 11 is 2.96. The van der Waals surface area contributed by atoms with Crippen molar-refractivity contribution in [3.8, 4) is 5.75 Å². The van der Waals surface area contributed by atoms with Gasteiger partial charge in [0.2, 0.25) is 0 Å². The van der Waals surface area contributed by atoms with Crippen LogP contribution < -0.4 is 4.74 Å². The van der Waals surface area contributed by atoms with E-state index in [-0.39, 0.29) is 13.2 Å². The monoisotopic (exact) mass is 330 g/mol. The van der Waals surface area contributed by atoms with E-state index < -0.39 is 12.1 Å². The first kappa shape index (κ1) is 16.5. The van der Waals surface area contributed by atoms with E-state index >= 15 is 0 Å². The Labute approximate surface area is 130 Å². The maximum Gasteiger partial charge on any atom is 0.483 e. The summed E-state index contributed by atoms with van der Waals surface area (Å²) in [5.74, 6) is -1.35. The molecule has 0 saturated carbocycles. The molecule has 0 spiro atoms. The fourth-order valence-corrected chi connectivity index (χ4v) is 1.81. The Morgan fingerprint density at radius 2 is 1.82 bits per heavy atom. The molecule has 0 radical (unpaired) electrons. The van der Waals surface area contributed by atoms with Crippen LogP contribution >= 0.6 is 12.9 Å². The van der Waals surface area contributed by atoms with Crippen LogP contribution in [0.25, 0.3) is 10.8 Å². The smallest absolute Gasteiger partial charge is 0.483 e. The Kier molecular flexibility index (Phi) is 5.53. The van der Waals surface area contributed by atoms with Gasteiger partial charge in [0.25, 0.3) is 0 Å². The first-order valence-electron chi connectivity index (χ1n) is 6.19. The van der Waals surface area contributed by atoms with Crippen molar-refractivity contribution in [2.24, 2.45) is 0 Å². The first-order chi connectivity index (χ1) is 10.5. The standard InChI is InChI=1S/C14H12F2O5S/c15-14(16,20-21-22)13(17)19-8-7-18-12-6-5-10-3-1-2-4-11(10)9-12/h1-6,9,22H,7-8H2. The molecule has 0 bridgehead atoms. The Hall–Kier alpha value is -1.90. The van der Waals surface area contributed by atoms with Crippen LogP contribution in [0.1, 0.15) is 0 Å². The van der Waals surface area contributed by atoms with Gasteiger partial charge >= 0.3 is 12.1 Å². The van der Waals surface area contributed by atoms with Crippen molar-refractivity contribution in [3.63, 3.8) is 0 Å². The molecule has 22 heavy (non-hydrogen) atoms. The van der Waals surface area contributed by atoms with Gasteiger partial charge in [-0.15, -0.1) is 4.89 Å². The van der Waals surface area contributed by atoms with Gasteiger partial charge < -0.3 is 9.47 Å². The van der Waals surface area contributed by atoms with Gasteiger partial charge in [0.1, 0.15) is 19.0 Å². The maximum absolute atomic E-state index is 12.8. The number of hydrogen-bond donors (Lipinski definition) is 1. The average Bonchev–Trinajstić information content (AvgIpc) is 2.51. The van der Waals surface area contributed by atoms with Crippen LogP contribution in [0, 0.1) is 0 Å². The SMILES string of the molecule is O=C(OCCOc1ccc2ccccc2c1)C(F)(F)OOS. The molecular formula is C14H12F2O5S. The third-order valence-corrected chi connectivity index (χ3v) is 2.76. The molecule has 2 rings (SSSR count). The Balaban J connectivity index is 1.81. The number of rotatable bonds is 7. The largest absolute Gasteiger partial charge is 0.490 e. The lowest BCUT2D eigenvalue weighted by Crippen LogP contribution is -2.34. The summed E-state index contributed by atoms with van der Waals surface area (Å²) in [7, 11) is 0. The minimum absolute atomic E-state index is 0.0815. The van der Waals surface area contributed by atoms with Crippen LogP contribution in [0.3, 0.4) is 0 Å². The highest BCUT2D eigenvalue weighted by atomic mass is 32.1. The molecule has 0 atom stereocenters. The summed E-state index contributed by atoms with van der Waals surface area (Å²) in [5.41, 5.74) is 0. The van der Waals surface area contributed by atoms with E-state index in [2.05, 4.69) is 26.9 Å². The van der Waals surface area contributed by atoms with Crippen molar-refractivity contribution in [1.29, 1.82) is 0 Å². The summed E-state index contributed by atoms with van der Waals surface area (Å²) in [6.45, 7) is -0.445. The van der Waals surface area contributed by atoms with Gasteiger partial charge in [-0.05, 0) is 22.9 Å². The molecule has 0 saturated heterocycles. The van der Waals surface area contributed by atoms with Crippen molar-refractivity contribution >= 4 is 29.7 Å².